The molecule has 2 aromatic heterocycles. The summed E-state index contributed by atoms with van der Waals surface area (Å²) in [5.41, 5.74) is 1.17. The Morgan fingerprint density at radius 1 is 1.35 bits per heavy atom. The van der Waals surface area contributed by atoms with Crippen molar-refractivity contribution in [1.29, 1.82) is 0 Å². The van der Waals surface area contributed by atoms with Crippen molar-refractivity contribution in [1.82, 2.24) is 14.8 Å². The number of fused-ring (bicyclic) bond motifs is 1. The first-order chi connectivity index (χ1) is 12.4. The molecule has 0 spiro atoms. The minimum atomic E-state index is -2.79. The van der Waals surface area contributed by atoms with E-state index in [0.29, 0.717) is 27.8 Å². The fourth-order valence-electron chi connectivity index (χ4n) is 2.86. The van der Waals surface area contributed by atoms with Crippen LogP contribution < -0.4 is 0 Å². The molecule has 0 radical (unpaired) electrons. The highest BCUT2D eigenvalue weighted by atomic mass is 32.2. The second-order valence-electron chi connectivity index (χ2n) is 6.52. The average Bonchev–Trinajstić information content (AvgIpc) is 3.28. The smallest absolute Gasteiger partial charge is 0.250 e. The van der Waals surface area contributed by atoms with Gasteiger partial charge in [-0.2, -0.15) is 9.46 Å². The van der Waals surface area contributed by atoms with E-state index in [1.807, 2.05) is 0 Å². The number of nitrogens with zero attached hydrogens (tertiary/aromatic N) is 4. The minimum Gasteiger partial charge on any atom is -0.272 e. The first-order valence-corrected chi connectivity index (χ1v) is 9.97. The number of hydrogen-bond donors (Lipinski definition) is 0. The molecule has 1 unspecified atom stereocenters. The van der Waals surface area contributed by atoms with Crippen LogP contribution in [0.5, 0.6) is 0 Å². The van der Waals surface area contributed by atoms with E-state index in [-0.39, 0.29) is 0 Å². The lowest BCUT2D eigenvalue weighted by atomic mass is 10.3. The third-order valence-corrected chi connectivity index (χ3v) is 6.70. The van der Waals surface area contributed by atoms with Crippen molar-refractivity contribution in [2.24, 2.45) is 10.3 Å². The Bertz CT molecular complexity index is 1130. The molecule has 26 heavy (non-hydrogen) atoms. The Balaban J connectivity index is 1.79. The molecular weight excluding hydrogens is 355 g/mol. The van der Waals surface area contributed by atoms with E-state index in [1.54, 1.807) is 24.4 Å². The second kappa shape index (κ2) is 6.28. The zero-order chi connectivity index (χ0) is 18.3. The number of hydrogen-bond acceptors (Lipinski definition) is 4. The van der Waals surface area contributed by atoms with Gasteiger partial charge in [-0.25, -0.2) is 13.3 Å². The summed E-state index contributed by atoms with van der Waals surface area (Å²) < 4.78 is 32.2. The largest absolute Gasteiger partial charge is 0.272 e. The van der Waals surface area contributed by atoms with Crippen LogP contribution in [0.15, 0.2) is 52.1 Å². The van der Waals surface area contributed by atoms with Crippen LogP contribution >= 0.6 is 0 Å². The number of halogens is 1. The zero-order valence-electron chi connectivity index (χ0n) is 14.1. The fourth-order valence-corrected chi connectivity index (χ4v) is 5.21. The predicted octanol–water partition coefficient (Wildman–Crippen LogP) is 3.34. The van der Waals surface area contributed by atoms with Gasteiger partial charge in [-0.15, -0.1) is 0 Å². The Morgan fingerprint density at radius 3 is 2.85 bits per heavy atom. The van der Waals surface area contributed by atoms with Crippen molar-refractivity contribution >= 4 is 26.5 Å². The highest BCUT2D eigenvalue weighted by Crippen LogP contribution is 2.34. The van der Waals surface area contributed by atoms with E-state index >= 15 is 0 Å². The van der Waals surface area contributed by atoms with E-state index in [9.17, 15) is 13.4 Å². The molecule has 6 nitrogen and oxygen atoms in total. The normalized spacial score (nSPS) is 16.4. The number of carbonyl (C=O) groups is 1. The molecule has 0 aliphatic heterocycles. The van der Waals surface area contributed by atoms with Crippen LogP contribution in [0.1, 0.15) is 19.8 Å². The molecule has 1 atom stereocenters. The van der Waals surface area contributed by atoms with Crippen molar-refractivity contribution < 1.29 is 13.4 Å². The van der Waals surface area contributed by atoms with Crippen molar-refractivity contribution in [3.05, 3.63) is 48.7 Å². The van der Waals surface area contributed by atoms with Gasteiger partial charge in [0.25, 0.3) is 5.91 Å². The van der Waals surface area contributed by atoms with E-state index < -0.39 is 21.5 Å². The standard InChI is InChI=1S/C18H17FN4O2S/c1-12(24)22-26(25,11-13-2-3-13)17-4-5-18-14(6-17)10-23(21-18)16-7-15(19)8-20-9-16/h4-10,13H,2-3,11H2,1H3. The summed E-state index contributed by atoms with van der Waals surface area (Å²) in [6.07, 6.45) is 6.41. The Morgan fingerprint density at radius 2 is 2.15 bits per heavy atom. The monoisotopic (exact) mass is 372 g/mol. The van der Waals surface area contributed by atoms with Crippen LogP contribution in [0, 0.1) is 11.7 Å². The number of pyridine rings is 1. The SMILES string of the molecule is CC(=O)N=S(=O)(CC1CC1)c1ccc2nn(-c3cncc(F)c3)cc2c1. The molecule has 1 saturated carbocycles. The first-order valence-electron chi connectivity index (χ1n) is 8.29. The number of carbonyl (C=O) groups excluding carboxylic acids is 1. The Hall–Kier alpha value is -2.61. The maximum absolute atomic E-state index is 13.4. The van der Waals surface area contributed by atoms with Crippen LogP contribution in [-0.4, -0.2) is 30.6 Å². The molecule has 0 saturated heterocycles. The van der Waals surface area contributed by atoms with Gasteiger partial charge in [-0.1, -0.05) is 0 Å². The topological polar surface area (TPSA) is 77.2 Å². The van der Waals surface area contributed by atoms with Crippen LogP contribution in [0.25, 0.3) is 16.6 Å². The number of benzene rings is 1. The number of aromatic nitrogens is 3. The summed E-state index contributed by atoms with van der Waals surface area (Å²) in [6, 6.07) is 6.54. The van der Waals surface area contributed by atoms with Crippen molar-refractivity contribution in [2.75, 3.05) is 5.75 Å². The molecule has 1 amide bonds. The van der Waals surface area contributed by atoms with Crippen molar-refractivity contribution in [2.45, 2.75) is 24.7 Å². The molecule has 0 N–H and O–H groups in total. The highest BCUT2D eigenvalue weighted by molar-refractivity contribution is 7.94. The van der Waals surface area contributed by atoms with E-state index in [2.05, 4.69) is 14.4 Å². The third kappa shape index (κ3) is 3.37. The van der Waals surface area contributed by atoms with E-state index in [1.165, 1.54) is 23.9 Å². The minimum absolute atomic E-state index is 0.363. The summed E-state index contributed by atoms with van der Waals surface area (Å²) in [4.78, 5) is 15.9. The fraction of sp³-hybridized carbons (Fsp3) is 0.278. The van der Waals surface area contributed by atoms with Gasteiger partial charge < -0.3 is 0 Å². The molecule has 1 aromatic carbocycles. The van der Waals surface area contributed by atoms with Gasteiger partial charge in [0.2, 0.25) is 0 Å². The average molecular weight is 372 g/mol. The van der Waals surface area contributed by atoms with Gasteiger partial charge in [0.05, 0.1) is 33.3 Å². The summed E-state index contributed by atoms with van der Waals surface area (Å²) in [7, 11) is -2.79. The van der Waals surface area contributed by atoms with Gasteiger partial charge in [0.1, 0.15) is 5.82 Å². The second-order valence-corrected chi connectivity index (χ2v) is 8.78. The molecular formula is C18H17FN4O2S. The molecule has 0 bridgehead atoms. The molecule has 1 fully saturated rings. The summed E-state index contributed by atoms with van der Waals surface area (Å²) in [5.74, 6) is -0.116. The Kier molecular flexibility index (Phi) is 4.07. The lowest BCUT2D eigenvalue weighted by Gasteiger charge is -2.09. The van der Waals surface area contributed by atoms with Gasteiger partial charge in [-0.3, -0.25) is 9.78 Å². The van der Waals surface area contributed by atoms with Crippen molar-refractivity contribution in [3.8, 4) is 5.69 Å². The van der Waals surface area contributed by atoms with E-state index in [4.69, 9.17) is 0 Å². The molecule has 1 aliphatic rings. The lowest BCUT2D eigenvalue weighted by molar-refractivity contribution is -0.115. The molecule has 2 heterocycles. The first kappa shape index (κ1) is 16.8. The third-order valence-electron chi connectivity index (χ3n) is 4.23. The van der Waals surface area contributed by atoms with E-state index in [0.717, 1.165) is 24.4 Å². The predicted molar refractivity (Wildman–Crippen MR) is 95.9 cm³/mol. The summed E-state index contributed by atoms with van der Waals surface area (Å²) in [5, 5.41) is 5.15. The van der Waals surface area contributed by atoms with Crippen molar-refractivity contribution in [3.63, 3.8) is 0 Å². The van der Waals surface area contributed by atoms with Gasteiger partial charge in [0.15, 0.2) is 0 Å². The number of amides is 1. The summed E-state index contributed by atoms with van der Waals surface area (Å²) >= 11 is 0. The lowest BCUT2D eigenvalue weighted by Crippen LogP contribution is -2.10. The number of rotatable bonds is 4. The molecule has 3 aromatic rings. The van der Waals surface area contributed by atoms with Gasteiger partial charge in [-0.05, 0) is 37.0 Å². The maximum Gasteiger partial charge on any atom is 0.250 e. The molecule has 134 valence electrons. The molecule has 1 aliphatic carbocycles. The van der Waals surface area contributed by atoms with Crippen LogP contribution in [0.3, 0.4) is 0 Å². The van der Waals surface area contributed by atoms with Gasteiger partial charge in [0, 0.05) is 35.2 Å². The molecule has 4 rings (SSSR count). The van der Waals surface area contributed by atoms with Crippen LogP contribution in [0.2, 0.25) is 0 Å². The van der Waals surface area contributed by atoms with Crippen LogP contribution in [0.4, 0.5) is 4.39 Å². The van der Waals surface area contributed by atoms with Gasteiger partial charge >= 0.3 is 0 Å². The molecule has 8 heteroatoms. The zero-order valence-corrected chi connectivity index (χ0v) is 14.9. The maximum atomic E-state index is 13.4. The highest BCUT2D eigenvalue weighted by Gasteiger charge is 2.28. The summed E-state index contributed by atoms with van der Waals surface area (Å²) in [6.45, 7) is 1.32. The van der Waals surface area contributed by atoms with Crippen LogP contribution in [-0.2, 0) is 14.5 Å². The Labute approximate surface area is 150 Å². The quantitative estimate of drug-likeness (QED) is 0.704.